The van der Waals surface area contributed by atoms with Crippen molar-refractivity contribution < 1.29 is 14.6 Å². The molecule has 2 aliphatic carbocycles. The van der Waals surface area contributed by atoms with Crippen molar-refractivity contribution in [3.63, 3.8) is 0 Å². The molecule has 0 radical (unpaired) electrons. The number of nitrogens with zero attached hydrogens (tertiary/aromatic N) is 2. The lowest BCUT2D eigenvalue weighted by atomic mass is 9.88. The van der Waals surface area contributed by atoms with Crippen LogP contribution in [-0.2, 0) is 0 Å². The molecular formula is C32H40ClN3O3. The molecular weight excluding hydrogens is 510 g/mol. The minimum Gasteiger partial charge on any atom is -0.503 e. The highest BCUT2D eigenvalue weighted by Crippen LogP contribution is 2.41. The van der Waals surface area contributed by atoms with Gasteiger partial charge < -0.3 is 20.1 Å². The minimum absolute atomic E-state index is 0.0718. The smallest absolute Gasteiger partial charge is 0.176 e. The molecule has 5 rings (SSSR count). The number of phenols is 1. The number of aromatic hydroxyl groups is 1. The molecule has 39 heavy (non-hydrogen) atoms. The molecule has 2 aromatic carbocycles. The van der Waals surface area contributed by atoms with Gasteiger partial charge in [0.15, 0.2) is 17.3 Å². The highest BCUT2D eigenvalue weighted by Gasteiger charge is 2.29. The summed E-state index contributed by atoms with van der Waals surface area (Å²) in [5.41, 5.74) is 4.21. The fourth-order valence-electron chi connectivity index (χ4n) is 6.55. The first-order chi connectivity index (χ1) is 18.9. The first-order valence-corrected chi connectivity index (χ1v) is 14.9. The molecule has 2 N–H and O–H groups in total. The van der Waals surface area contributed by atoms with E-state index < -0.39 is 0 Å². The van der Waals surface area contributed by atoms with Crippen LogP contribution >= 0.6 is 11.6 Å². The number of rotatable bonds is 9. The van der Waals surface area contributed by atoms with Gasteiger partial charge in [-0.05, 0) is 87.0 Å². The van der Waals surface area contributed by atoms with Gasteiger partial charge in [0.05, 0.1) is 28.9 Å². The summed E-state index contributed by atoms with van der Waals surface area (Å²) in [4.78, 5) is 21.0. The van der Waals surface area contributed by atoms with Gasteiger partial charge in [-0.25, -0.2) is 0 Å². The molecule has 0 aliphatic heterocycles. The van der Waals surface area contributed by atoms with E-state index in [1.165, 1.54) is 7.11 Å². The summed E-state index contributed by atoms with van der Waals surface area (Å²) < 4.78 is 5.34. The normalized spacial score (nSPS) is 20.0. The second-order valence-corrected chi connectivity index (χ2v) is 11.4. The maximum absolute atomic E-state index is 13.7. The van der Waals surface area contributed by atoms with Crippen LogP contribution in [0.2, 0.25) is 5.02 Å². The topological polar surface area (TPSA) is 74.7 Å². The van der Waals surface area contributed by atoms with Crippen LogP contribution in [0.4, 0.5) is 5.69 Å². The molecule has 6 nitrogen and oxygen atoms in total. The number of aromatic nitrogens is 1. The van der Waals surface area contributed by atoms with Gasteiger partial charge in [-0.2, -0.15) is 0 Å². The third-order valence-corrected chi connectivity index (χ3v) is 9.10. The Morgan fingerprint density at radius 3 is 2.44 bits per heavy atom. The number of methoxy groups -OCH3 is 1. The molecule has 2 saturated carbocycles. The zero-order valence-corrected chi connectivity index (χ0v) is 24.1. The quantitative estimate of drug-likeness (QED) is 0.266. The van der Waals surface area contributed by atoms with E-state index in [1.54, 1.807) is 18.3 Å². The zero-order chi connectivity index (χ0) is 27.5. The number of nitrogens with one attached hydrogen (secondary N) is 1. The Kier molecular flexibility index (Phi) is 8.63. The van der Waals surface area contributed by atoms with Gasteiger partial charge in [0, 0.05) is 29.6 Å². The third-order valence-electron chi connectivity index (χ3n) is 8.81. The largest absolute Gasteiger partial charge is 0.503 e. The van der Waals surface area contributed by atoms with E-state index >= 15 is 0 Å². The van der Waals surface area contributed by atoms with Crippen molar-refractivity contribution in [1.82, 2.24) is 9.88 Å². The number of Topliss-reactive ketones (excluding diaryl/α,β-unsaturated/α-hetero) is 1. The number of carbonyl (C=O) groups is 1. The number of phenolic OH excluding ortho intramolecular Hbond substituents is 1. The summed E-state index contributed by atoms with van der Waals surface area (Å²) >= 11 is 6.32. The van der Waals surface area contributed by atoms with Gasteiger partial charge in [-0.15, -0.1) is 0 Å². The van der Waals surface area contributed by atoms with E-state index in [4.69, 9.17) is 21.3 Å². The van der Waals surface area contributed by atoms with Crippen LogP contribution in [0.3, 0.4) is 0 Å². The Labute approximate surface area is 236 Å². The lowest BCUT2D eigenvalue weighted by molar-refractivity contribution is 0.0923. The number of hydrogen-bond donors (Lipinski definition) is 2. The summed E-state index contributed by atoms with van der Waals surface area (Å²) in [5.74, 6) is 0.536. The number of ketones is 1. The molecule has 208 valence electrons. The Morgan fingerprint density at radius 2 is 1.77 bits per heavy atom. The summed E-state index contributed by atoms with van der Waals surface area (Å²) in [6, 6.07) is 10.5. The molecule has 2 aliphatic rings. The molecule has 0 unspecified atom stereocenters. The molecule has 3 aromatic rings. The van der Waals surface area contributed by atoms with E-state index in [1.807, 2.05) is 12.1 Å². The highest BCUT2D eigenvalue weighted by atomic mass is 35.5. The number of halogens is 1. The predicted octanol–water partition coefficient (Wildman–Crippen LogP) is 7.71. The molecule has 1 heterocycles. The van der Waals surface area contributed by atoms with Crippen molar-refractivity contribution in [3.8, 4) is 22.6 Å². The van der Waals surface area contributed by atoms with Gasteiger partial charge in [0.1, 0.15) is 0 Å². The third kappa shape index (κ3) is 5.73. The highest BCUT2D eigenvalue weighted by molar-refractivity contribution is 6.32. The number of fused-ring (bicyclic) bond motifs is 1. The maximum Gasteiger partial charge on any atom is 0.176 e. The molecule has 1 aromatic heterocycles. The maximum atomic E-state index is 13.7. The van der Waals surface area contributed by atoms with E-state index in [0.717, 1.165) is 92.2 Å². The monoisotopic (exact) mass is 549 g/mol. The van der Waals surface area contributed by atoms with Crippen LogP contribution in [0.1, 0.15) is 75.6 Å². The fourth-order valence-corrected chi connectivity index (χ4v) is 6.76. The Balaban J connectivity index is 1.54. The zero-order valence-electron chi connectivity index (χ0n) is 23.3. The Bertz CT molecular complexity index is 1330. The van der Waals surface area contributed by atoms with Crippen LogP contribution in [0.25, 0.3) is 22.0 Å². The second kappa shape index (κ2) is 12.1. The number of hydrogen-bond acceptors (Lipinski definition) is 6. The first kappa shape index (κ1) is 27.7. The van der Waals surface area contributed by atoms with E-state index in [2.05, 4.69) is 30.1 Å². The predicted molar refractivity (Wildman–Crippen MR) is 159 cm³/mol. The van der Waals surface area contributed by atoms with Crippen molar-refractivity contribution in [2.45, 2.75) is 77.3 Å². The summed E-state index contributed by atoms with van der Waals surface area (Å²) in [7, 11) is 1.51. The number of benzene rings is 2. The first-order valence-electron chi connectivity index (χ1n) is 14.5. The van der Waals surface area contributed by atoms with Gasteiger partial charge in [0.2, 0.25) is 0 Å². The Morgan fingerprint density at radius 1 is 1.05 bits per heavy atom. The average Bonchev–Trinajstić information content (AvgIpc) is 3.51. The Hall–Kier alpha value is -2.83. The molecule has 0 spiro atoms. The molecule has 2 fully saturated rings. The van der Waals surface area contributed by atoms with Crippen molar-refractivity contribution in [2.24, 2.45) is 5.92 Å². The summed E-state index contributed by atoms with van der Waals surface area (Å²) in [5, 5.41) is 15.2. The second-order valence-electron chi connectivity index (χ2n) is 11.0. The van der Waals surface area contributed by atoms with Crippen molar-refractivity contribution in [2.75, 3.05) is 25.5 Å². The van der Waals surface area contributed by atoms with Crippen LogP contribution in [0, 0.1) is 5.92 Å². The van der Waals surface area contributed by atoms with Crippen molar-refractivity contribution in [3.05, 3.63) is 47.1 Å². The van der Waals surface area contributed by atoms with Gasteiger partial charge >= 0.3 is 0 Å². The summed E-state index contributed by atoms with van der Waals surface area (Å²) in [6.07, 6.45) is 10.4. The van der Waals surface area contributed by atoms with E-state index in [-0.39, 0.29) is 22.5 Å². The minimum atomic E-state index is -0.0718. The van der Waals surface area contributed by atoms with Gasteiger partial charge in [-0.3, -0.25) is 9.78 Å². The van der Waals surface area contributed by atoms with Crippen LogP contribution in [-0.4, -0.2) is 53.1 Å². The van der Waals surface area contributed by atoms with Gasteiger partial charge in [0.25, 0.3) is 0 Å². The fraction of sp³-hybridized carbons (Fsp3) is 0.500. The standard InChI is InChI=1S/C32H40ClN3O3/c1-4-36(5-2)24-13-11-23(12-14-24)35-30-25-16-21(22-17-27(33)32(38)29(18-22)39-3)10-15-28(25)34-19-26(30)31(37)20-8-6-7-9-20/h10,15-20,23-24,38H,4-9,11-14H2,1-3H3,(H,34,35). The lowest BCUT2D eigenvalue weighted by Crippen LogP contribution is -2.40. The number of carbonyl (C=O) groups excluding carboxylic acids is 1. The molecule has 0 bridgehead atoms. The average molecular weight is 550 g/mol. The number of ether oxygens (including phenoxy) is 1. The molecule has 7 heteroatoms. The van der Waals surface area contributed by atoms with Crippen LogP contribution in [0.5, 0.6) is 11.5 Å². The molecule has 0 amide bonds. The van der Waals surface area contributed by atoms with Crippen LogP contribution < -0.4 is 10.1 Å². The SMILES string of the molecule is CCN(CC)C1CCC(Nc2c(C(=O)C3CCCC3)cnc3ccc(-c4cc(Cl)c(O)c(OC)c4)cc23)CC1. The summed E-state index contributed by atoms with van der Waals surface area (Å²) in [6.45, 7) is 6.66. The van der Waals surface area contributed by atoms with Crippen LogP contribution in [0.15, 0.2) is 36.5 Å². The van der Waals surface area contributed by atoms with E-state index in [0.29, 0.717) is 23.4 Å². The number of anilines is 1. The number of pyridine rings is 1. The van der Waals surface area contributed by atoms with Crippen molar-refractivity contribution >= 4 is 34.0 Å². The van der Waals surface area contributed by atoms with E-state index in [9.17, 15) is 9.90 Å². The van der Waals surface area contributed by atoms with Gasteiger partial charge in [-0.1, -0.05) is 44.4 Å². The van der Waals surface area contributed by atoms with Crippen molar-refractivity contribution in [1.29, 1.82) is 0 Å². The molecule has 0 atom stereocenters. The molecule has 0 saturated heterocycles. The lowest BCUT2D eigenvalue weighted by Gasteiger charge is -2.36.